The normalized spacial score (nSPS) is 21.0. The van der Waals surface area contributed by atoms with Gasteiger partial charge in [0.2, 0.25) is 15.9 Å². The Bertz CT molecular complexity index is 849. The first-order valence-corrected chi connectivity index (χ1v) is 10.8. The molecule has 2 aliphatic rings. The van der Waals surface area contributed by atoms with Crippen molar-refractivity contribution in [1.29, 1.82) is 0 Å². The molecular weight excluding hydrogens is 356 g/mol. The number of aromatic nitrogens is 2. The molecule has 8 nitrogen and oxygen atoms in total. The third-order valence-electron chi connectivity index (χ3n) is 5.20. The molecule has 1 amide bonds. The van der Waals surface area contributed by atoms with Crippen LogP contribution in [0.1, 0.15) is 56.1 Å². The van der Waals surface area contributed by atoms with Crippen LogP contribution >= 0.6 is 0 Å². The first kappa shape index (κ1) is 19.0. The SMILES string of the molecule is CCCC(=O)N1CCC(c2nc3c(c(=O)[nH]2)CN(S(=O)(=O)CC)CC3)C1. The zero-order chi connectivity index (χ0) is 18.9. The van der Waals surface area contributed by atoms with Crippen LogP contribution in [0.4, 0.5) is 0 Å². The van der Waals surface area contributed by atoms with Gasteiger partial charge in [-0.1, -0.05) is 6.92 Å². The van der Waals surface area contributed by atoms with E-state index >= 15 is 0 Å². The van der Waals surface area contributed by atoms with Gasteiger partial charge in [0.25, 0.3) is 5.56 Å². The Morgan fingerprint density at radius 3 is 2.77 bits per heavy atom. The summed E-state index contributed by atoms with van der Waals surface area (Å²) >= 11 is 0. The van der Waals surface area contributed by atoms with Crippen molar-refractivity contribution in [3.05, 3.63) is 27.4 Å². The van der Waals surface area contributed by atoms with Gasteiger partial charge < -0.3 is 9.88 Å². The molecule has 0 radical (unpaired) electrons. The highest BCUT2D eigenvalue weighted by Crippen LogP contribution is 2.26. The summed E-state index contributed by atoms with van der Waals surface area (Å²) < 4.78 is 25.5. The Morgan fingerprint density at radius 1 is 1.31 bits per heavy atom. The second kappa shape index (κ2) is 7.48. The highest BCUT2D eigenvalue weighted by molar-refractivity contribution is 7.89. The number of amides is 1. The van der Waals surface area contributed by atoms with E-state index in [2.05, 4.69) is 9.97 Å². The van der Waals surface area contributed by atoms with Gasteiger partial charge in [-0.3, -0.25) is 9.59 Å². The van der Waals surface area contributed by atoms with Gasteiger partial charge in [0, 0.05) is 44.9 Å². The van der Waals surface area contributed by atoms with E-state index in [9.17, 15) is 18.0 Å². The van der Waals surface area contributed by atoms with Crippen LogP contribution < -0.4 is 5.56 Å². The molecule has 1 atom stereocenters. The fourth-order valence-corrected chi connectivity index (χ4v) is 4.68. The first-order chi connectivity index (χ1) is 12.4. The van der Waals surface area contributed by atoms with Crippen LogP contribution in [0, 0.1) is 0 Å². The predicted molar refractivity (Wildman–Crippen MR) is 97.3 cm³/mol. The number of nitrogens with zero attached hydrogens (tertiary/aromatic N) is 3. The van der Waals surface area contributed by atoms with E-state index in [1.165, 1.54) is 4.31 Å². The van der Waals surface area contributed by atoms with Crippen LogP contribution in [0.2, 0.25) is 0 Å². The van der Waals surface area contributed by atoms with Gasteiger partial charge in [-0.15, -0.1) is 0 Å². The molecule has 1 fully saturated rings. The van der Waals surface area contributed by atoms with E-state index in [0.29, 0.717) is 49.6 Å². The maximum atomic E-state index is 12.5. The molecule has 26 heavy (non-hydrogen) atoms. The van der Waals surface area contributed by atoms with Crippen LogP contribution in [-0.2, 0) is 27.8 Å². The minimum atomic E-state index is -3.32. The topological polar surface area (TPSA) is 103 Å². The quantitative estimate of drug-likeness (QED) is 0.803. The van der Waals surface area contributed by atoms with Gasteiger partial charge >= 0.3 is 0 Å². The number of H-pyrrole nitrogens is 1. The summed E-state index contributed by atoms with van der Waals surface area (Å²) in [4.78, 5) is 33.9. The molecule has 1 saturated heterocycles. The molecule has 0 bridgehead atoms. The van der Waals surface area contributed by atoms with Crippen LogP contribution in [0.25, 0.3) is 0 Å². The minimum Gasteiger partial charge on any atom is -0.342 e. The Labute approximate surface area is 153 Å². The van der Waals surface area contributed by atoms with Crippen molar-refractivity contribution >= 4 is 15.9 Å². The summed E-state index contributed by atoms with van der Waals surface area (Å²) in [6, 6.07) is 0. The molecular formula is C17H26N4O4S. The fraction of sp³-hybridized carbons (Fsp3) is 0.706. The maximum Gasteiger partial charge on any atom is 0.255 e. The Kier molecular flexibility index (Phi) is 5.47. The molecule has 144 valence electrons. The molecule has 1 N–H and O–H groups in total. The van der Waals surface area contributed by atoms with Crippen molar-refractivity contribution in [2.24, 2.45) is 0 Å². The van der Waals surface area contributed by atoms with Gasteiger partial charge in [-0.2, -0.15) is 4.31 Å². The summed E-state index contributed by atoms with van der Waals surface area (Å²) in [5, 5.41) is 0. The zero-order valence-electron chi connectivity index (χ0n) is 15.3. The molecule has 9 heteroatoms. The maximum absolute atomic E-state index is 12.5. The first-order valence-electron chi connectivity index (χ1n) is 9.23. The average molecular weight is 382 g/mol. The smallest absolute Gasteiger partial charge is 0.255 e. The van der Waals surface area contributed by atoms with Gasteiger partial charge in [-0.25, -0.2) is 13.4 Å². The van der Waals surface area contributed by atoms with E-state index in [0.717, 1.165) is 12.8 Å². The van der Waals surface area contributed by atoms with E-state index in [4.69, 9.17) is 0 Å². The molecule has 3 rings (SSSR count). The molecule has 0 aromatic carbocycles. The largest absolute Gasteiger partial charge is 0.342 e. The monoisotopic (exact) mass is 382 g/mol. The van der Waals surface area contributed by atoms with E-state index in [1.807, 2.05) is 11.8 Å². The number of hydrogen-bond donors (Lipinski definition) is 1. The summed E-state index contributed by atoms with van der Waals surface area (Å²) in [6.07, 6.45) is 2.60. The van der Waals surface area contributed by atoms with Crippen LogP contribution in [0.5, 0.6) is 0 Å². The Morgan fingerprint density at radius 2 is 2.08 bits per heavy atom. The van der Waals surface area contributed by atoms with Gasteiger partial charge in [0.15, 0.2) is 0 Å². The van der Waals surface area contributed by atoms with Gasteiger partial charge in [0.1, 0.15) is 5.82 Å². The number of carbonyl (C=O) groups excluding carboxylic acids is 1. The number of likely N-dealkylation sites (tertiary alicyclic amines) is 1. The summed E-state index contributed by atoms with van der Waals surface area (Å²) in [5.74, 6) is 0.824. The Hall–Kier alpha value is -1.74. The predicted octanol–water partition coefficient (Wildman–Crippen LogP) is 0.594. The van der Waals surface area contributed by atoms with Crippen LogP contribution in [0.15, 0.2) is 4.79 Å². The van der Waals surface area contributed by atoms with Gasteiger partial charge in [-0.05, 0) is 19.8 Å². The molecule has 0 aliphatic carbocycles. The third kappa shape index (κ3) is 3.68. The van der Waals surface area contributed by atoms with E-state index in [-0.39, 0.29) is 29.7 Å². The molecule has 2 aliphatic heterocycles. The molecule has 3 heterocycles. The molecule has 1 aromatic rings. The fourth-order valence-electron chi connectivity index (χ4n) is 3.61. The lowest BCUT2D eigenvalue weighted by atomic mass is 10.1. The summed E-state index contributed by atoms with van der Waals surface area (Å²) in [7, 11) is -3.32. The number of aromatic amines is 1. The average Bonchev–Trinajstić information content (AvgIpc) is 3.12. The summed E-state index contributed by atoms with van der Waals surface area (Å²) in [5.41, 5.74) is 0.859. The van der Waals surface area contributed by atoms with Gasteiger partial charge in [0.05, 0.1) is 17.0 Å². The number of sulfonamides is 1. The van der Waals surface area contributed by atoms with Crippen molar-refractivity contribution in [2.45, 2.75) is 52.0 Å². The number of carbonyl (C=O) groups is 1. The third-order valence-corrected chi connectivity index (χ3v) is 7.03. The number of rotatable bonds is 5. The Balaban J connectivity index is 1.79. The van der Waals surface area contributed by atoms with E-state index < -0.39 is 10.0 Å². The van der Waals surface area contributed by atoms with Crippen LogP contribution in [0.3, 0.4) is 0 Å². The lowest BCUT2D eigenvalue weighted by molar-refractivity contribution is -0.130. The number of hydrogen-bond acceptors (Lipinski definition) is 5. The van der Waals surface area contributed by atoms with Crippen molar-refractivity contribution < 1.29 is 13.2 Å². The number of nitrogens with one attached hydrogen (secondary N) is 1. The molecule has 1 aromatic heterocycles. The van der Waals surface area contributed by atoms with Crippen molar-refractivity contribution in [3.8, 4) is 0 Å². The van der Waals surface area contributed by atoms with Crippen LogP contribution in [-0.4, -0.2) is 58.9 Å². The molecule has 1 unspecified atom stereocenters. The standard InChI is InChI=1S/C17H26N4O4S/c1-3-5-15(22)20-8-6-12(10-20)16-18-14-7-9-21(26(24,25)4-2)11-13(14)17(23)19-16/h12H,3-11H2,1-2H3,(H,18,19,23). The second-order valence-electron chi connectivity index (χ2n) is 6.94. The highest BCUT2D eigenvalue weighted by atomic mass is 32.2. The van der Waals surface area contributed by atoms with E-state index in [1.54, 1.807) is 6.92 Å². The highest BCUT2D eigenvalue weighted by Gasteiger charge is 2.32. The second-order valence-corrected chi connectivity index (χ2v) is 9.19. The lowest BCUT2D eigenvalue weighted by Gasteiger charge is -2.27. The lowest BCUT2D eigenvalue weighted by Crippen LogP contribution is -2.40. The zero-order valence-corrected chi connectivity index (χ0v) is 16.1. The van der Waals surface area contributed by atoms with Crippen molar-refractivity contribution in [2.75, 3.05) is 25.4 Å². The number of fused-ring (bicyclic) bond motifs is 1. The minimum absolute atomic E-state index is 0.0233. The molecule has 0 saturated carbocycles. The summed E-state index contributed by atoms with van der Waals surface area (Å²) in [6.45, 7) is 5.28. The van der Waals surface area contributed by atoms with Crippen molar-refractivity contribution in [1.82, 2.24) is 19.2 Å². The van der Waals surface area contributed by atoms with Crippen molar-refractivity contribution in [3.63, 3.8) is 0 Å². The molecule has 0 spiro atoms.